The summed E-state index contributed by atoms with van der Waals surface area (Å²) >= 11 is 0. The topological polar surface area (TPSA) is 99.0 Å². The highest BCUT2D eigenvalue weighted by Crippen LogP contribution is 2.50. The van der Waals surface area contributed by atoms with Crippen LogP contribution in [0.25, 0.3) is 0 Å². The molecule has 1 aromatic rings. The first kappa shape index (κ1) is 17.9. The quantitative estimate of drug-likeness (QED) is 0.564. The Balaban J connectivity index is 1.85. The molecule has 0 saturated carbocycles. The van der Waals surface area contributed by atoms with Gasteiger partial charge < -0.3 is 20.1 Å². The van der Waals surface area contributed by atoms with Crippen molar-refractivity contribution >= 4 is 17.6 Å². The van der Waals surface area contributed by atoms with Gasteiger partial charge in [0, 0.05) is 19.3 Å². The van der Waals surface area contributed by atoms with E-state index < -0.39 is 30.3 Å². The summed E-state index contributed by atoms with van der Waals surface area (Å²) in [6.45, 7) is 3.23. The largest absolute Gasteiger partial charge is 0.354 e. The van der Waals surface area contributed by atoms with E-state index in [4.69, 9.17) is 10.7 Å². The fourth-order valence-electron chi connectivity index (χ4n) is 3.80. The second-order valence-electron chi connectivity index (χ2n) is 6.54. The van der Waals surface area contributed by atoms with Gasteiger partial charge in [-0.25, -0.2) is 8.78 Å². The number of amides is 1. The minimum atomic E-state index is -3.03. The zero-order valence-corrected chi connectivity index (χ0v) is 14.2. The molecule has 3 heterocycles. The van der Waals surface area contributed by atoms with Crippen LogP contribution in [0.4, 0.5) is 14.6 Å². The third-order valence-corrected chi connectivity index (χ3v) is 5.12. The molecule has 2 aliphatic heterocycles. The van der Waals surface area contributed by atoms with E-state index in [0.29, 0.717) is 24.3 Å². The lowest BCUT2D eigenvalue weighted by atomic mass is 9.73. The first-order chi connectivity index (χ1) is 12.4. The van der Waals surface area contributed by atoms with E-state index in [1.165, 1.54) is 6.20 Å². The number of H-pyrrole nitrogens is 1. The van der Waals surface area contributed by atoms with Crippen LogP contribution in [0.15, 0.2) is 25.0 Å². The van der Waals surface area contributed by atoms with Crippen molar-refractivity contribution in [3.8, 4) is 6.07 Å². The van der Waals surface area contributed by atoms with Crippen LogP contribution in [0.3, 0.4) is 0 Å². The molecule has 2 aliphatic rings. The summed E-state index contributed by atoms with van der Waals surface area (Å²) in [5, 5.41) is 20.0. The average Bonchev–Trinajstić information content (AvgIpc) is 3.08. The van der Waals surface area contributed by atoms with Gasteiger partial charge in [0.05, 0.1) is 18.2 Å². The number of nitrogens with one attached hydrogen (secondary N) is 3. The molecule has 2 fully saturated rings. The van der Waals surface area contributed by atoms with Crippen LogP contribution in [-0.2, 0) is 4.79 Å². The summed E-state index contributed by atoms with van der Waals surface area (Å²) in [5.74, 6) is -2.95. The molecule has 3 N–H and O–H groups in total. The lowest BCUT2D eigenvalue weighted by Gasteiger charge is -2.61. The minimum absolute atomic E-state index is 0.102. The average molecular weight is 362 g/mol. The standard InChI is InChI=1S/C17H20F2N6O/c1-2-22-15-12(5-8-23-15)14(21)24-9-3-6-16(10-24)17(18,19)11-25(16)13(26)4-7-20/h2,5,8,21-23H,1,3-4,6,9-11H2/t16-/m1/s1. The molecule has 1 aromatic heterocycles. The maximum atomic E-state index is 14.5. The number of amidine groups is 1. The van der Waals surface area contributed by atoms with Crippen molar-refractivity contribution in [2.45, 2.75) is 30.7 Å². The SMILES string of the molecule is C=CNc1[nH]ccc1C(=N)N1CCC[C@]2(C1)N(C(=O)CC#N)CC2(F)F. The highest BCUT2D eigenvalue weighted by Gasteiger charge is 2.69. The lowest BCUT2D eigenvalue weighted by molar-refractivity contribution is -0.252. The maximum absolute atomic E-state index is 14.5. The Morgan fingerprint density at radius 2 is 2.31 bits per heavy atom. The normalized spacial score (nSPS) is 23.9. The number of likely N-dealkylation sites (tertiary alicyclic amines) is 2. The van der Waals surface area contributed by atoms with Crippen molar-refractivity contribution in [3.05, 3.63) is 30.6 Å². The van der Waals surface area contributed by atoms with Crippen LogP contribution in [0, 0.1) is 16.7 Å². The Labute approximate surface area is 149 Å². The third kappa shape index (κ3) is 2.62. The Kier molecular flexibility index (Phi) is 4.44. The zero-order chi connectivity index (χ0) is 18.9. The molecule has 1 spiro atoms. The van der Waals surface area contributed by atoms with Crippen molar-refractivity contribution < 1.29 is 13.6 Å². The number of nitrogens with zero attached hydrogens (tertiary/aromatic N) is 3. The highest BCUT2D eigenvalue weighted by atomic mass is 19.3. The summed E-state index contributed by atoms with van der Waals surface area (Å²) in [6, 6.07) is 3.42. The molecule has 1 atom stereocenters. The molecular formula is C17H20F2N6O. The highest BCUT2D eigenvalue weighted by molar-refractivity contribution is 6.01. The first-order valence-electron chi connectivity index (χ1n) is 8.30. The predicted molar refractivity (Wildman–Crippen MR) is 91.9 cm³/mol. The monoisotopic (exact) mass is 362 g/mol. The Bertz CT molecular complexity index is 782. The van der Waals surface area contributed by atoms with E-state index >= 15 is 0 Å². The van der Waals surface area contributed by atoms with Gasteiger partial charge in [0.2, 0.25) is 5.91 Å². The van der Waals surface area contributed by atoms with Gasteiger partial charge in [-0.05, 0) is 25.1 Å². The van der Waals surface area contributed by atoms with Crippen LogP contribution in [0.2, 0.25) is 0 Å². The molecule has 0 aromatic carbocycles. The van der Waals surface area contributed by atoms with Gasteiger partial charge in [0.25, 0.3) is 5.92 Å². The number of aromatic amines is 1. The van der Waals surface area contributed by atoms with Gasteiger partial charge in [-0.3, -0.25) is 10.2 Å². The van der Waals surface area contributed by atoms with Crippen molar-refractivity contribution in [1.29, 1.82) is 10.7 Å². The minimum Gasteiger partial charge on any atom is -0.354 e. The van der Waals surface area contributed by atoms with Gasteiger partial charge >= 0.3 is 0 Å². The van der Waals surface area contributed by atoms with Gasteiger partial charge in [-0.1, -0.05) is 6.58 Å². The fraction of sp³-hybridized carbons (Fsp3) is 0.471. The number of carbonyl (C=O) groups excluding carboxylic acids is 1. The molecule has 138 valence electrons. The van der Waals surface area contributed by atoms with Gasteiger partial charge in [-0.2, -0.15) is 5.26 Å². The third-order valence-electron chi connectivity index (χ3n) is 5.12. The number of carbonyl (C=O) groups is 1. The number of halogens is 2. The van der Waals surface area contributed by atoms with Gasteiger partial charge in [0.1, 0.15) is 23.6 Å². The summed E-state index contributed by atoms with van der Waals surface area (Å²) < 4.78 is 29.0. The molecule has 0 bridgehead atoms. The Morgan fingerprint density at radius 1 is 1.54 bits per heavy atom. The first-order valence-corrected chi connectivity index (χ1v) is 8.30. The molecule has 0 unspecified atom stereocenters. The van der Waals surface area contributed by atoms with Crippen LogP contribution in [0.5, 0.6) is 0 Å². The smallest absolute Gasteiger partial charge is 0.289 e. The molecule has 1 amide bonds. The number of hydrogen-bond acceptors (Lipinski definition) is 4. The number of anilines is 1. The van der Waals surface area contributed by atoms with Crippen LogP contribution >= 0.6 is 0 Å². The number of aromatic nitrogens is 1. The van der Waals surface area contributed by atoms with Crippen molar-refractivity contribution in [2.24, 2.45) is 0 Å². The fourth-order valence-corrected chi connectivity index (χ4v) is 3.80. The molecule has 0 aliphatic carbocycles. The summed E-state index contributed by atoms with van der Waals surface area (Å²) in [5.41, 5.74) is -1.10. The van der Waals surface area contributed by atoms with Crippen molar-refractivity contribution in [2.75, 3.05) is 25.0 Å². The summed E-state index contributed by atoms with van der Waals surface area (Å²) in [6.07, 6.45) is 3.29. The zero-order valence-electron chi connectivity index (χ0n) is 14.2. The molecule has 7 nitrogen and oxygen atoms in total. The number of nitriles is 1. The second kappa shape index (κ2) is 6.44. The summed E-state index contributed by atoms with van der Waals surface area (Å²) in [7, 11) is 0. The number of piperidine rings is 1. The molecule has 26 heavy (non-hydrogen) atoms. The number of hydrogen-bond donors (Lipinski definition) is 3. The van der Waals surface area contributed by atoms with Gasteiger partial charge in [0.15, 0.2) is 0 Å². The number of rotatable bonds is 4. The Morgan fingerprint density at radius 3 is 2.96 bits per heavy atom. The second-order valence-corrected chi connectivity index (χ2v) is 6.54. The Hall–Kier alpha value is -2.89. The van der Waals surface area contributed by atoms with E-state index in [9.17, 15) is 13.6 Å². The van der Waals surface area contributed by atoms with E-state index in [-0.39, 0.29) is 18.8 Å². The summed E-state index contributed by atoms with van der Waals surface area (Å²) in [4.78, 5) is 17.7. The van der Waals surface area contributed by atoms with E-state index in [1.807, 2.05) is 0 Å². The van der Waals surface area contributed by atoms with Crippen LogP contribution in [0.1, 0.15) is 24.8 Å². The number of alkyl halides is 2. The van der Waals surface area contributed by atoms with Crippen LogP contribution < -0.4 is 5.32 Å². The molecular weight excluding hydrogens is 342 g/mol. The van der Waals surface area contributed by atoms with Gasteiger partial charge in [-0.15, -0.1) is 0 Å². The van der Waals surface area contributed by atoms with Crippen molar-refractivity contribution in [3.63, 3.8) is 0 Å². The molecule has 3 rings (SSSR count). The predicted octanol–water partition coefficient (Wildman–Crippen LogP) is 2.12. The molecule has 0 radical (unpaired) electrons. The van der Waals surface area contributed by atoms with E-state index in [0.717, 1.165) is 4.90 Å². The van der Waals surface area contributed by atoms with E-state index in [1.54, 1.807) is 23.2 Å². The van der Waals surface area contributed by atoms with E-state index in [2.05, 4.69) is 16.9 Å². The molecule has 9 heteroatoms. The lowest BCUT2D eigenvalue weighted by Crippen LogP contribution is -2.80. The molecule has 2 saturated heterocycles. The van der Waals surface area contributed by atoms with Crippen molar-refractivity contribution in [1.82, 2.24) is 14.8 Å². The van der Waals surface area contributed by atoms with Crippen LogP contribution in [-0.4, -0.2) is 57.6 Å². The maximum Gasteiger partial charge on any atom is 0.289 e.